The van der Waals surface area contributed by atoms with Crippen LogP contribution in [0, 0.1) is 35.0 Å². The molecule has 0 radical (unpaired) electrons. The molecule has 4 bridgehead atoms. The van der Waals surface area contributed by atoms with Crippen molar-refractivity contribution in [3.63, 3.8) is 0 Å². The van der Waals surface area contributed by atoms with Crippen LogP contribution in [0.4, 0.5) is 0 Å². The molecule has 1 aromatic heterocycles. The van der Waals surface area contributed by atoms with Crippen molar-refractivity contribution in [2.45, 2.75) is 78.8 Å². The maximum Gasteiger partial charge on any atom is 0.258 e. The molecule has 0 aromatic carbocycles. The van der Waals surface area contributed by atoms with Crippen molar-refractivity contribution < 1.29 is 19.1 Å². The highest BCUT2D eigenvalue weighted by Crippen LogP contribution is 2.53. The van der Waals surface area contributed by atoms with Crippen LogP contribution >= 0.6 is 0 Å². The van der Waals surface area contributed by atoms with Gasteiger partial charge in [-0.1, -0.05) is 27.7 Å². The van der Waals surface area contributed by atoms with E-state index >= 15 is 0 Å². The minimum absolute atomic E-state index is 0.0426. The van der Waals surface area contributed by atoms with Gasteiger partial charge >= 0.3 is 0 Å². The number of aryl methyl sites for hydroxylation is 1. The summed E-state index contributed by atoms with van der Waals surface area (Å²) in [6, 6.07) is 0.250. The molecule has 5 fully saturated rings. The van der Waals surface area contributed by atoms with Crippen LogP contribution in [0.2, 0.25) is 0 Å². The third-order valence-electron chi connectivity index (χ3n) is 8.97. The van der Waals surface area contributed by atoms with Crippen molar-refractivity contribution in [1.82, 2.24) is 25.3 Å². The number of hydrogen-bond acceptors (Lipinski definition) is 5. The van der Waals surface area contributed by atoms with E-state index in [-0.39, 0.29) is 30.3 Å². The Morgan fingerprint density at radius 3 is 2.46 bits per heavy atom. The zero-order valence-corrected chi connectivity index (χ0v) is 22.8. The molecule has 1 saturated heterocycles. The van der Waals surface area contributed by atoms with E-state index in [1.807, 2.05) is 13.8 Å². The predicted molar refractivity (Wildman–Crippen MR) is 139 cm³/mol. The molecule has 4 aliphatic carbocycles. The summed E-state index contributed by atoms with van der Waals surface area (Å²) in [7, 11) is 0. The zero-order chi connectivity index (χ0) is 26.3. The van der Waals surface area contributed by atoms with Crippen molar-refractivity contribution in [2.75, 3.05) is 26.2 Å². The first-order valence-corrected chi connectivity index (χ1v) is 14.2. The maximum atomic E-state index is 13.5. The first kappa shape index (κ1) is 26.0. The standard InChI is InChI=1S/C28H43N5O4/c1-17(2)16-37-26-22(25(35)31-24-20-10-18-9-19(12-20)13-21(24)11-18)14-30-33(26)7-5-28(3,4)27(36)32-8-6-29-23(34)15-32/h14,17-21,24H,5-13,15-16H2,1-4H3,(H,29,34)(H,31,35). The minimum atomic E-state index is -0.679. The lowest BCUT2D eigenvalue weighted by atomic mass is 9.54. The van der Waals surface area contributed by atoms with Gasteiger partial charge in [0.2, 0.25) is 17.7 Å². The Hall–Kier alpha value is -2.58. The number of carbonyl (C=O) groups excluding carboxylic acids is 3. The monoisotopic (exact) mass is 513 g/mol. The summed E-state index contributed by atoms with van der Waals surface area (Å²) in [5.74, 6) is 3.42. The Labute approximate surface area is 220 Å². The highest BCUT2D eigenvalue weighted by Gasteiger charge is 2.49. The highest BCUT2D eigenvalue weighted by atomic mass is 16.5. The van der Waals surface area contributed by atoms with Gasteiger partial charge in [0.05, 0.1) is 19.3 Å². The first-order valence-electron chi connectivity index (χ1n) is 14.2. The minimum Gasteiger partial charge on any atom is -0.477 e. The molecule has 6 rings (SSSR count). The van der Waals surface area contributed by atoms with Crippen molar-refractivity contribution in [3.05, 3.63) is 11.8 Å². The van der Waals surface area contributed by atoms with Crippen LogP contribution in [-0.2, 0) is 16.1 Å². The van der Waals surface area contributed by atoms with Gasteiger partial charge in [0.1, 0.15) is 5.56 Å². The summed E-state index contributed by atoms with van der Waals surface area (Å²) < 4.78 is 7.87. The summed E-state index contributed by atoms with van der Waals surface area (Å²) in [4.78, 5) is 40.1. The lowest BCUT2D eigenvalue weighted by Crippen LogP contribution is -2.55. The molecule has 37 heavy (non-hydrogen) atoms. The summed E-state index contributed by atoms with van der Waals surface area (Å²) in [5.41, 5.74) is -0.201. The lowest BCUT2D eigenvalue weighted by Gasteiger charge is -2.54. The molecule has 1 aliphatic heterocycles. The maximum absolute atomic E-state index is 13.5. The quantitative estimate of drug-likeness (QED) is 0.528. The smallest absolute Gasteiger partial charge is 0.258 e. The number of aromatic nitrogens is 2. The largest absolute Gasteiger partial charge is 0.477 e. The molecule has 2 N–H and O–H groups in total. The molecule has 9 nitrogen and oxygen atoms in total. The third-order valence-corrected chi connectivity index (χ3v) is 8.97. The average Bonchev–Trinajstić information content (AvgIpc) is 3.25. The first-order chi connectivity index (χ1) is 17.6. The van der Waals surface area contributed by atoms with Gasteiger partial charge in [-0.3, -0.25) is 14.4 Å². The fourth-order valence-corrected chi connectivity index (χ4v) is 7.21. The number of hydrogen-bond donors (Lipinski definition) is 2. The van der Waals surface area contributed by atoms with E-state index in [9.17, 15) is 14.4 Å². The van der Waals surface area contributed by atoms with Crippen LogP contribution in [0.5, 0.6) is 5.88 Å². The second-order valence-corrected chi connectivity index (χ2v) is 12.9. The Bertz CT molecular complexity index is 1000. The molecular formula is C28H43N5O4. The Morgan fingerprint density at radius 1 is 1.16 bits per heavy atom. The number of rotatable bonds is 9. The van der Waals surface area contributed by atoms with Gasteiger partial charge in [0.25, 0.3) is 5.91 Å². The van der Waals surface area contributed by atoms with Crippen LogP contribution < -0.4 is 15.4 Å². The topological polar surface area (TPSA) is 106 Å². The van der Waals surface area contributed by atoms with Gasteiger partial charge in [-0.15, -0.1) is 0 Å². The van der Waals surface area contributed by atoms with E-state index in [0.29, 0.717) is 61.9 Å². The van der Waals surface area contributed by atoms with E-state index in [0.717, 1.165) is 11.8 Å². The molecule has 5 aliphatic rings. The van der Waals surface area contributed by atoms with Gasteiger partial charge in [-0.25, -0.2) is 4.68 Å². The molecule has 204 valence electrons. The summed E-state index contributed by atoms with van der Waals surface area (Å²) in [5, 5.41) is 10.7. The zero-order valence-electron chi connectivity index (χ0n) is 22.8. The average molecular weight is 514 g/mol. The van der Waals surface area contributed by atoms with Crippen molar-refractivity contribution in [1.29, 1.82) is 0 Å². The van der Waals surface area contributed by atoms with E-state index in [1.54, 1.807) is 15.8 Å². The van der Waals surface area contributed by atoms with E-state index in [1.165, 1.54) is 32.1 Å². The van der Waals surface area contributed by atoms with E-state index < -0.39 is 5.41 Å². The molecule has 9 heteroatoms. The van der Waals surface area contributed by atoms with Crippen LogP contribution in [0.25, 0.3) is 0 Å². The summed E-state index contributed by atoms with van der Waals surface area (Å²) in [6.07, 6.45) is 8.50. The molecule has 3 amide bonds. The molecule has 0 spiro atoms. The molecule has 1 aromatic rings. The fraction of sp³-hybridized carbons (Fsp3) is 0.786. The molecular weight excluding hydrogens is 470 g/mol. The Kier molecular flexibility index (Phi) is 7.24. The van der Waals surface area contributed by atoms with Gasteiger partial charge < -0.3 is 20.3 Å². The Balaban J connectivity index is 1.27. The summed E-state index contributed by atoms with van der Waals surface area (Å²) >= 11 is 0. The third kappa shape index (κ3) is 5.50. The lowest BCUT2D eigenvalue weighted by molar-refractivity contribution is -0.145. The van der Waals surface area contributed by atoms with Gasteiger partial charge in [0, 0.05) is 31.1 Å². The second kappa shape index (κ2) is 10.3. The SMILES string of the molecule is CC(C)COc1c(C(=O)NC2C3CC4CC(C3)CC2C4)cnn1CCC(C)(C)C(=O)N1CCNC(=O)C1. The van der Waals surface area contributed by atoms with Crippen molar-refractivity contribution >= 4 is 17.7 Å². The molecule has 0 atom stereocenters. The van der Waals surface area contributed by atoms with Crippen LogP contribution in [0.3, 0.4) is 0 Å². The molecule has 0 unspecified atom stereocenters. The second-order valence-electron chi connectivity index (χ2n) is 12.9. The predicted octanol–water partition coefficient (Wildman–Crippen LogP) is 2.85. The Morgan fingerprint density at radius 2 is 1.84 bits per heavy atom. The van der Waals surface area contributed by atoms with Gasteiger partial charge in [-0.05, 0) is 68.1 Å². The van der Waals surface area contributed by atoms with Gasteiger partial charge in [0.15, 0.2) is 0 Å². The number of nitrogens with one attached hydrogen (secondary N) is 2. The van der Waals surface area contributed by atoms with E-state index in [2.05, 4.69) is 29.6 Å². The highest BCUT2D eigenvalue weighted by molar-refractivity contribution is 5.96. The number of piperazine rings is 1. The van der Waals surface area contributed by atoms with E-state index in [4.69, 9.17) is 4.74 Å². The van der Waals surface area contributed by atoms with Crippen molar-refractivity contribution in [3.8, 4) is 5.88 Å². The van der Waals surface area contributed by atoms with Crippen LogP contribution in [0.15, 0.2) is 6.20 Å². The fourth-order valence-electron chi connectivity index (χ4n) is 7.21. The van der Waals surface area contributed by atoms with Crippen LogP contribution in [-0.4, -0.2) is 64.7 Å². The number of carbonyl (C=O) groups is 3. The molecule has 4 saturated carbocycles. The number of nitrogens with zero attached hydrogens (tertiary/aromatic N) is 3. The normalized spacial score (nSPS) is 28.9. The number of amides is 3. The molecule has 2 heterocycles. The van der Waals surface area contributed by atoms with Crippen molar-refractivity contribution in [2.24, 2.45) is 35.0 Å². The van der Waals surface area contributed by atoms with Gasteiger partial charge in [-0.2, -0.15) is 5.10 Å². The number of ether oxygens (including phenoxy) is 1. The summed E-state index contributed by atoms with van der Waals surface area (Å²) in [6.45, 7) is 9.98. The van der Waals surface area contributed by atoms with Crippen LogP contribution in [0.1, 0.15) is 76.6 Å².